The molecule has 5 aromatic rings. The number of aromatic carboxylic acids is 1. The van der Waals surface area contributed by atoms with Gasteiger partial charge in [-0.1, -0.05) is 55.5 Å². The Labute approximate surface area is 223 Å². The van der Waals surface area contributed by atoms with Gasteiger partial charge in [0.1, 0.15) is 11.3 Å². The molecule has 3 aromatic heterocycles. The summed E-state index contributed by atoms with van der Waals surface area (Å²) in [6.07, 6.45) is 3.24. The van der Waals surface area contributed by atoms with E-state index in [0.29, 0.717) is 23.4 Å². The van der Waals surface area contributed by atoms with Crippen molar-refractivity contribution in [2.24, 2.45) is 0 Å². The molecule has 2 N–H and O–H groups in total. The number of carboxylic acid groups (broad SMARTS) is 1. The topological polar surface area (TPSA) is 122 Å². The first kappa shape index (κ1) is 24.7. The first-order valence-electron chi connectivity index (χ1n) is 11.1. The monoisotopic (exact) mass is 477 g/mol. The van der Waals surface area contributed by atoms with Crippen molar-refractivity contribution < 1.29 is 9.90 Å². The molecule has 2 aromatic carbocycles. The Morgan fingerprint density at radius 3 is 2.49 bits per heavy atom. The van der Waals surface area contributed by atoms with E-state index >= 15 is 0 Å². The number of tetrazole rings is 1. The minimum absolute atomic E-state index is 0. The van der Waals surface area contributed by atoms with Gasteiger partial charge in [-0.05, 0) is 46.0 Å². The molecule has 0 aliphatic carbocycles. The third-order valence-corrected chi connectivity index (χ3v) is 5.84. The van der Waals surface area contributed by atoms with Gasteiger partial charge in [0.25, 0.3) is 0 Å². The molecule has 0 aliphatic heterocycles. The summed E-state index contributed by atoms with van der Waals surface area (Å²) < 4.78 is 1.99. The van der Waals surface area contributed by atoms with Crippen molar-refractivity contribution in [2.45, 2.75) is 33.2 Å². The zero-order valence-corrected chi connectivity index (χ0v) is 18.9. The van der Waals surface area contributed by atoms with Crippen LogP contribution in [-0.2, 0) is 13.0 Å². The van der Waals surface area contributed by atoms with Gasteiger partial charge < -0.3 is 9.67 Å². The first-order chi connectivity index (χ1) is 16.6. The van der Waals surface area contributed by atoms with Gasteiger partial charge in [-0.15, -0.1) is 5.10 Å². The van der Waals surface area contributed by atoms with Crippen LogP contribution in [-0.4, -0.2) is 75.8 Å². The number of rotatable bonds is 7. The van der Waals surface area contributed by atoms with E-state index in [0.717, 1.165) is 46.5 Å². The molecule has 9 nitrogen and oxygen atoms in total. The van der Waals surface area contributed by atoms with Crippen molar-refractivity contribution in [3.8, 4) is 22.5 Å². The molecule has 0 bridgehead atoms. The van der Waals surface area contributed by atoms with Gasteiger partial charge in [0.2, 0.25) is 0 Å². The number of carbonyl (C=O) groups is 1. The number of hydrogen-bond acceptors (Lipinski definition) is 6. The zero-order valence-electron chi connectivity index (χ0n) is 18.9. The van der Waals surface area contributed by atoms with Crippen LogP contribution in [0.2, 0.25) is 0 Å². The van der Waals surface area contributed by atoms with Crippen LogP contribution in [0.25, 0.3) is 33.5 Å². The molecule has 0 atom stereocenters. The molecule has 0 unspecified atom stereocenters. The van der Waals surface area contributed by atoms with E-state index in [1.165, 1.54) is 0 Å². The van der Waals surface area contributed by atoms with Gasteiger partial charge in [0.15, 0.2) is 11.5 Å². The van der Waals surface area contributed by atoms with Crippen LogP contribution in [0.5, 0.6) is 0 Å². The Hall–Kier alpha value is -3.40. The molecule has 5 rings (SSSR count). The van der Waals surface area contributed by atoms with E-state index < -0.39 is 5.97 Å². The summed E-state index contributed by atoms with van der Waals surface area (Å²) in [6.45, 7) is 4.50. The number of pyridine rings is 1. The number of benzene rings is 2. The van der Waals surface area contributed by atoms with Gasteiger partial charge in [-0.25, -0.2) is 19.9 Å². The maximum absolute atomic E-state index is 11.9. The fourth-order valence-corrected chi connectivity index (χ4v) is 4.23. The van der Waals surface area contributed by atoms with Gasteiger partial charge in [-0.2, -0.15) is 0 Å². The molecule has 10 heteroatoms. The maximum atomic E-state index is 11.9. The normalized spacial score (nSPS) is 10.9. The molecule has 172 valence electrons. The van der Waals surface area contributed by atoms with E-state index in [9.17, 15) is 9.90 Å². The van der Waals surface area contributed by atoms with Crippen molar-refractivity contribution in [1.29, 1.82) is 0 Å². The van der Waals surface area contributed by atoms with E-state index in [1.807, 2.05) is 35.8 Å². The molecule has 0 fully saturated rings. The third kappa shape index (κ3) is 4.75. The summed E-state index contributed by atoms with van der Waals surface area (Å²) in [5.74, 6) is 0.421. The number of nitrogens with zero attached hydrogens (tertiary/aromatic N) is 6. The van der Waals surface area contributed by atoms with E-state index in [4.69, 9.17) is 4.98 Å². The summed E-state index contributed by atoms with van der Waals surface area (Å²) in [4.78, 5) is 20.9. The average molecular weight is 478 g/mol. The standard InChI is InChI=1S/C25H23N7O2.Na.H/c1-3-6-20-27-21-15(2)13-26-22(25(33)34)23(21)32(20)14-16-9-11-17(12-10-16)18-7-4-5-8-19(18)24-28-30-31-29-24;;/h4-5,7-13H,3,6,14H2,1-2H3,(H,33,34)(H,28,29,30,31);;. The zero-order chi connectivity index (χ0) is 23.7. The van der Waals surface area contributed by atoms with Crippen LogP contribution in [0.3, 0.4) is 0 Å². The summed E-state index contributed by atoms with van der Waals surface area (Å²) >= 11 is 0. The van der Waals surface area contributed by atoms with Crippen LogP contribution in [0.1, 0.15) is 40.8 Å². The van der Waals surface area contributed by atoms with Crippen molar-refractivity contribution in [2.75, 3.05) is 0 Å². The second-order valence-electron chi connectivity index (χ2n) is 8.15. The van der Waals surface area contributed by atoms with Crippen LogP contribution in [0.15, 0.2) is 54.7 Å². The van der Waals surface area contributed by atoms with Crippen LogP contribution < -0.4 is 0 Å². The van der Waals surface area contributed by atoms with Gasteiger partial charge in [0.05, 0.1) is 5.52 Å². The predicted molar refractivity (Wildman–Crippen MR) is 135 cm³/mol. The average Bonchev–Trinajstić information content (AvgIpc) is 3.50. The SMILES string of the molecule is CCCc1nc2c(C)cnc(C(=O)O)c2n1Cc1ccc(-c2ccccc2-c2nnn[nH]2)cc1.[NaH]. The van der Waals surface area contributed by atoms with Gasteiger partial charge >= 0.3 is 35.5 Å². The fraction of sp³-hybridized carbons (Fsp3) is 0.200. The molecule has 0 saturated carbocycles. The number of carboxylic acids is 1. The first-order valence-corrected chi connectivity index (χ1v) is 11.1. The number of H-pyrrole nitrogens is 1. The number of fused-ring (bicyclic) bond motifs is 1. The van der Waals surface area contributed by atoms with Crippen LogP contribution in [0, 0.1) is 6.92 Å². The van der Waals surface area contributed by atoms with E-state index in [-0.39, 0.29) is 35.3 Å². The fourth-order valence-electron chi connectivity index (χ4n) is 4.23. The van der Waals surface area contributed by atoms with E-state index in [1.54, 1.807) is 6.20 Å². The molecular formula is C25H24N7NaO2. The molecule has 0 aliphatic rings. The number of aromatic amines is 1. The molecule has 0 amide bonds. The molecule has 0 radical (unpaired) electrons. The molecule has 35 heavy (non-hydrogen) atoms. The summed E-state index contributed by atoms with van der Waals surface area (Å²) in [6, 6.07) is 16.1. The Morgan fingerprint density at radius 2 is 1.83 bits per heavy atom. The summed E-state index contributed by atoms with van der Waals surface area (Å²) in [5.41, 5.74) is 6.16. The molecule has 3 heterocycles. The molecule has 0 saturated heterocycles. The number of imidazole rings is 1. The summed E-state index contributed by atoms with van der Waals surface area (Å²) in [5, 5.41) is 24.0. The Bertz CT molecular complexity index is 1480. The van der Waals surface area contributed by atoms with Crippen molar-refractivity contribution in [3.05, 3.63) is 77.4 Å². The van der Waals surface area contributed by atoms with E-state index in [2.05, 4.69) is 56.8 Å². The van der Waals surface area contributed by atoms with Crippen molar-refractivity contribution in [1.82, 2.24) is 35.2 Å². The van der Waals surface area contributed by atoms with Gasteiger partial charge in [0, 0.05) is 24.7 Å². The summed E-state index contributed by atoms with van der Waals surface area (Å²) in [7, 11) is 0. The quantitative estimate of drug-likeness (QED) is 0.343. The number of aryl methyl sites for hydroxylation is 2. The van der Waals surface area contributed by atoms with Gasteiger partial charge in [-0.3, -0.25) is 0 Å². The van der Waals surface area contributed by atoms with Crippen molar-refractivity contribution >= 4 is 46.6 Å². The Balaban J connectivity index is 0.00000289. The second-order valence-corrected chi connectivity index (χ2v) is 8.15. The number of nitrogens with one attached hydrogen (secondary N) is 1. The number of hydrogen-bond donors (Lipinski definition) is 2. The van der Waals surface area contributed by atoms with Crippen LogP contribution in [0.4, 0.5) is 0 Å². The number of aromatic nitrogens is 7. The molecular weight excluding hydrogens is 453 g/mol. The second kappa shape index (κ2) is 10.5. The Morgan fingerprint density at radius 1 is 1.09 bits per heavy atom. The molecule has 0 spiro atoms. The van der Waals surface area contributed by atoms with Crippen LogP contribution >= 0.6 is 0 Å². The third-order valence-electron chi connectivity index (χ3n) is 5.84. The van der Waals surface area contributed by atoms with Crippen molar-refractivity contribution in [3.63, 3.8) is 0 Å². The Kier molecular flexibility index (Phi) is 7.39. The minimum atomic E-state index is -1.05. The predicted octanol–water partition coefficient (Wildman–Crippen LogP) is 3.64.